The molecule has 1 aliphatic heterocycles. The van der Waals surface area contributed by atoms with E-state index in [2.05, 4.69) is 0 Å². The minimum absolute atomic E-state index is 0. The van der Waals surface area contributed by atoms with Crippen molar-refractivity contribution < 1.29 is 24.8 Å². The molecule has 4 aromatic rings. The SMILES string of the molecule is Cl.N[C@H]1C(O)(Cc2ccccc2)O[C@H](COCc2ccccc2)[C@](O)(Cc2ccccc2)[C@@]1(O)Cc1ccccc1. The number of halogens is 1. The van der Waals surface area contributed by atoms with Gasteiger partial charge >= 0.3 is 0 Å². The monoisotopic (exact) mass is 575 g/mol. The van der Waals surface area contributed by atoms with Crippen LogP contribution in [0.5, 0.6) is 0 Å². The molecule has 5 N–H and O–H groups in total. The van der Waals surface area contributed by atoms with Crippen molar-refractivity contribution in [3.8, 4) is 0 Å². The number of benzene rings is 4. The lowest BCUT2D eigenvalue weighted by Gasteiger charge is -2.59. The molecule has 0 amide bonds. The van der Waals surface area contributed by atoms with Gasteiger partial charge in [-0.15, -0.1) is 12.4 Å². The van der Waals surface area contributed by atoms with Gasteiger partial charge < -0.3 is 30.5 Å². The zero-order valence-corrected chi connectivity index (χ0v) is 23.7. The number of hydrogen-bond donors (Lipinski definition) is 4. The fraction of sp³-hybridized carbons (Fsp3) is 0.294. The summed E-state index contributed by atoms with van der Waals surface area (Å²) < 4.78 is 12.4. The van der Waals surface area contributed by atoms with Crippen molar-refractivity contribution in [2.45, 2.75) is 55.0 Å². The number of hydrogen-bond acceptors (Lipinski definition) is 6. The van der Waals surface area contributed by atoms with E-state index in [0.29, 0.717) is 0 Å². The quantitative estimate of drug-likeness (QED) is 0.226. The first-order chi connectivity index (χ1) is 19.3. The molecule has 5 rings (SSSR count). The van der Waals surface area contributed by atoms with Gasteiger partial charge in [-0.2, -0.15) is 0 Å². The van der Waals surface area contributed by atoms with Gasteiger partial charge in [-0.05, 0) is 22.3 Å². The highest BCUT2D eigenvalue weighted by Crippen LogP contribution is 2.46. The normalized spacial score (nSPS) is 27.6. The molecule has 1 aliphatic rings. The smallest absolute Gasteiger partial charge is 0.188 e. The fourth-order valence-electron chi connectivity index (χ4n) is 5.75. The Morgan fingerprint density at radius 3 is 1.44 bits per heavy atom. The molecule has 5 atom stereocenters. The van der Waals surface area contributed by atoms with Crippen LogP contribution in [-0.4, -0.2) is 51.1 Å². The number of rotatable bonds is 10. The highest BCUT2D eigenvalue weighted by Gasteiger charge is 2.67. The molecule has 0 radical (unpaired) electrons. The molecule has 1 unspecified atom stereocenters. The van der Waals surface area contributed by atoms with E-state index >= 15 is 0 Å². The van der Waals surface area contributed by atoms with Crippen LogP contribution in [0.25, 0.3) is 0 Å². The average Bonchev–Trinajstić information content (AvgIpc) is 2.97. The summed E-state index contributed by atoms with van der Waals surface area (Å²) in [5, 5.41) is 37.2. The zero-order chi connectivity index (χ0) is 28.1. The van der Waals surface area contributed by atoms with Gasteiger partial charge in [0, 0.05) is 19.3 Å². The second-order valence-corrected chi connectivity index (χ2v) is 10.8. The van der Waals surface area contributed by atoms with E-state index in [9.17, 15) is 15.3 Å². The topological polar surface area (TPSA) is 105 Å². The Morgan fingerprint density at radius 2 is 0.976 bits per heavy atom. The minimum Gasteiger partial charge on any atom is -0.385 e. The van der Waals surface area contributed by atoms with Gasteiger partial charge in [-0.25, -0.2) is 0 Å². The maximum Gasteiger partial charge on any atom is 0.188 e. The van der Waals surface area contributed by atoms with Crippen molar-refractivity contribution in [2.75, 3.05) is 6.61 Å². The summed E-state index contributed by atoms with van der Waals surface area (Å²) in [5.74, 6) is -1.98. The predicted octanol–water partition coefficient (Wildman–Crippen LogP) is 4.23. The van der Waals surface area contributed by atoms with Crippen LogP contribution in [0, 0.1) is 0 Å². The minimum atomic E-state index is -1.98. The molecule has 1 heterocycles. The molecule has 0 saturated carbocycles. The van der Waals surface area contributed by atoms with Crippen molar-refractivity contribution in [1.82, 2.24) is 0 Å². The van der Waals surface area contributed by atoms with Gasteiger partial charge in [0.05, 0.1) is 19.3 Å². The van der Waals surface area contributed by atoms with Crippen molar-refractivity contribution >= 4 is 12.4 Å². The number of ether oxygens (including phenoxy) is 2. The molecule has 7 heteroatoms. The van der Waals surface area contributed by atoms with Crippen LogP contribution < -0.4 is 5.73 Å². The van der Waals surface area contributed by atoms with E-state index < -0.39 is 29.1 Å². The first-order valence-electron chi connectivity index (χ1n) is 13.7. The van der Waals surface area contributed by atoms with Gasteiger partial charge in [-0.3, -0.25) is 0 Å². The Balaban J connectivity index is 0.00000387. The third-order valence-electron chi connectivity index (χ3n) is 7.94. The van der Waals surface area contributed by atoms with E-state index in [1.807, 2.05) is 121 Å². The van der Waals surface area contributed by atoms with Gasteiger partial charge in [-0.1, -0.05) is 121 Å². The molecule has 1 fully saturated rings. The van der Waals surface area contributed by atoms with Gasteiger partial charge in [0.15, 0.2) is 5.79 Å². The van der Waals surface area contributed by atoms with Crippen LogP contribution in [0.2, 0.25) is 0 Å². The molecule has 4 aromatic carbocycles. The Hall–Kier alpha value is -3.07. The van der Waals surface area contributed by atoms with Crippen LogP contribution in [0.1, 0.15) is 22.3 Å². The van der Waals surface area contributed by atoms with E-state index in [4.69, 9.17) is 15.2 Å². The van der Waals surface area contributed by atoms with Gasteiger partial charge in [0.25, 0.3) is 0 Å². The van der Waals surface area contributed by atoms with Crippen molar-refractivity contribution in [1.29, 1.82) is 0 Å². The molecule has 1 saturated heterocycles. The second kappa shape index (κ2) is 13.3. The Morgan fingerprint density at radius 1 is 0.585 bits per heavy atom. The number of aliphatic hydroxyl groups is 3. The predicted molar refractivity (Wildman–Crippen MR) is 161 cm³/mol. The lowest BCUT2D eigenvalue weighted by molar-refractivity contribution is -0.371. The zero-order valence-electron chi connectivity index (χ0n) is 22.9. The summed E-state index contributed by atoms with van der Waals surface area (Å²) in [6.45, 7) is 0.210. The molecular weight excluding hydrogens is 538 g/mol. The first-order valence-corrected chi connectivity index (χ1v) is 13.7. The lowest BCUT2D eigenvalue weighted by atomic mass is 9.63. The highest BCUT2D eigenvalue weighted by molar-refractivity contribution is 5.85. The van der Waals surface area contributed by atoms with Crippen LogP contribution in [-0.2, 0) is 35.3 Å². The van der Waals surface area contributed by atoms with Gasteiger partial charge in [0.2, 0.25) is 0 Å². The second-order valence-electron chi connectivity index (χ2n) is 10.8. The van der Waals surface area contributed by atoms with E-state index in [1.54, 1.807) is 0 Å². The van der Waals surface area contributed by atoms with Crippen LogP contribution in [0.15, 0.2) is 121 Å². The van der Waals surface area contributed by atoms with Crippen molar-refractivity contribution in [3.05, 3.63) is 144 Å². The first kappa shape index (κ1) is 30.9. The van der Waals surface area contributed by atoms with Crippen LogP contribution in [0.3, 0.4) is 0 Å². The van der Waals surface area contributed by atoms with Crippen LogP contribution in [0.4, 0.5) is 0 Å². The molecule has 6 nitrogen and oxygen atoms in total. The number of nitrogens with two attached hydrogens (primary N) is 1. The summed E-state index contributed by atoms with van der Waals surface area (Å²) in [4.78, 5) is 0. The third kappa shape index (κ3) is 6.71. The summed E-state index contributed by atoms with van der Waals surface area (Å²) in [5.41, 5.74) is 6.22. The summed E-state index contributed by atoms with van der Waals surface area (Å²) >= 11 is 0. The van der Waals surface area contributed by atoms with Gasteiger partial charge in [0.1, 0.15) is 17.3 Å². The van der Waals surface area contributed by atoms with E-state index in [1.165, 1.54) is 0 Å². The summed E-state index contributed by atoms with van der Waals surface area (Å²) in [6, 6.07) is 36.5. The maximum absolute atomic E-state index is 12.6. The van der Waals surface area contributed by atoms with E-state index in [0.717, 1.165) is 22.3 Å². The average molecular weight is 576 g/mol. The largest absolute Gasteiger partial charge is 0.385 e. The molecule has 216 valence electrons. The third-order valence-corrected chi connectivity index (χ3v) is 7.94. The van der Waals surface area contributed by atoms with Crippen molar-refractivity contribution in [2.24, 2.45) is 5.73 Å². The standard InChI is InChI=1S/C34H37NO5.ClH/c35-31-33(37,22-27-15-7-2-8-16-27)32(36,21-26-13-5-1-6-14-26)30(25-39-24-29-19-11-4-12-20-29)40-34(31,38)23-28-17-9-3-10-18-28;/h1-20,30-31,36-38H,21-25,35H2;1H/t30-,31-,32-,33-,34?;/m1./s1. The molecule has 0 aromatic heterocycles. The molecule has 41 heavy (non-hydrogen) atoms. The lowest BCUT2D eigenvalue weighted by Crippen LogP contribution is -2.82. The Labute approximate surface area is 247 Å². The maximum atomic E-state index is 12.6. The fourth-order valence-corrected chi connectivity index (χ4v) is 5.75. The summed E-state index contributed by atoms with van der Waals surface area (Å²) in [6.07, 6.45) is -1.01. The summed E-state index contributed by atoms with van der Waals surface area (Å²) in [7, 11) is 0. The van der Waals surface area contributed by atoms with Crippen molar-refractivity contribution in [3.63, 3.8) is 0 Å². The molecule has 0 spiro atoms. The molecular formula is C34H38ClNO5. The Kier molecular flexibility index (Phi) is 10.00. The van der Waals surface area contributed by atoms with E-state index in [-0.39, 0.29) is 44.9 Å². The Bertz CT molecular complexity index is 1350. The molecule has 0 aliphatic carbocycles. The van der Waals surface area contributed by atoms with Crippen LogP contribution >= 0.6 is 12.4 Å². The molecule has 0 bridgehead atoms. The highest BCUT2D eigenvalue weighted by atomic mass is 35.5.